The molecule has 1 aromatic heterocycles. The fourth-order valence-electron chi connectivity index (χ4n) is 2.61. The maximum absolute atomic E-state index is 11.7. The van der Waals surface area contributed by atoms with E-state index in [0.717, 1.165) is 5.69 Å². The molecule has 2 heterocycles. The Bertz CT molecular complexity index is 610. The second-order valence-corrected chi connectivity index (χ2v) is 4.34. The van der Waals surface area contributed by atoms with Crippen LogP contribution in [-0.4, -0.2) is 15.6 Å². The van der Waals surface area contributed by atoms with Gasteiger partial charge in [-0.25, -0.2) is 0 Å². The largest absolute Gasteiger partial charge is 0.481 e. The van der Waals surface area contributed by atoms with E-state index in [-0.39, 0.29) is 11.3 Å². The summed E-state index contributed by atoms with van der Waals surface area (Å²) < 4.78 is 1.85. The first kappa shape index (κ1) is 10.1. The van der Waals surface area contributed by atoms with Crippen LogP contribution in [0.4, 0.5) is 0 Å². The van der Waals surface area contributed by atoms with E-state index in [1.165, 1.54) is 6.07 Å². The zero-order valence-corrected chi connectivity index (χ0v) is 9.04. The summed E-state index contributed by atoms with van der Waals surface area (Å²) in [7, 11) is 0. The molecular formula is C13H11NO3. The van der Waals surface area contributed by atoms with Gasteiger partial charge in [-0.2, -0.15) is 0 Å². The molecule has 0 saturated carbocycles. The smallest absolute Gasteiger partial charge is 0.311 e. The van der Waals surface area contributed by atoms with Crippen LogP contribution in [0.5, 0.6) is 0 Å². The van der Waals surface area contributed by atoms with Crippen LogP contribution in [0.3, 0.4) is 0 Å². The molecule has 0 amide bonds. The highest BCUT2D eigenvalue weighted by Crippen LogP contribution is 2.37. The van der Waals surface area contributed by atoms with Gasteiger partial charge in [-0.15, -0.1) is 0 Å². The van der Waals surface area contributed by atoms with Crippen LogP contribution in [0.1, 0.15) is 23.6 Å². The number of carboxylic acids is 1. The van der Waals surface area contributed by atoms with Crippen LogP contribution >= 0.6 is 0 Å². The molecule has 0 radical (unpaired) electrons. The SMILES string of the molecule is O=C(O)C1C=Cn2ccc(=O)c3c2C1CC=C3. The fourth-order valence-corrected chi connectivity index (χ4v) is 2.61. The number of hydrogen-bond donors (Lipinski definition) is 1. The summed E-state index contributed by atoms with van der Waals surface area (Å²) in [5, 5.41) is 9.19. The first-order chi connectivity index (χ1) is 8.18. The molecule has 0 aromatic carbocycles. The van der Waals surface area contributed by atoms with Gasteiger partial charge < -0.3 is 9.67 Å². The monoisotopic (exact) mass is 229 g/mol. The van der Waals surface area contributed by atoms with Crippen LogP contribution in [-0.2, 0) is 4.79 Å². The van der Waals surface area contributed by atoms with E-state index < -0.39 is 11.9 Å². The minimum atomic E-state index is -0.838. The van der Waals surface area contributed by atoms with Crippen LogP contribution in [0.25, 0.3) is 12.3 Å². The van der Waals surface area contributed by atoms with Crippen LogP contribution in [0, 0.1) is 5.92 Å². The molecule has 1 aliphatic carbocycles. The number of carboxylic acid groups (broad SMARTS) is 1. The van der Waals surface area contributed by atoms with Crippen molar-refractivity contribution >= 4 is 18.2 Å². The summed E-state index contributed by atoms with van der Waals surface area (Å²) in [6.45, 7) is 0. The Labute approximate surface area is 97.5 Å². The topological polar surface area (TPSA) is 59.3 Å². The molecule has 86 valence electrons. The van der Waals surface area contributed by atoms with E-state index in [4.69, 9.17) is 0 Å². The number of rotatable bonds is 1. The Hall–Kier alpha value is -2.10. The fraction of sp³-hybridized carbons (Fsp3) is 0.231. The molecule has 2 unspecified atom stereocenters. The van der Waals surface area contributed by atoms with E-state index in [2.05, 4.69) is 0 Å². The molecule has 0 bridgehead atoms. The van der Waals surface area contributed by atoms with Crippen LogP contribution in [0.2, 0.25) is 0 Å². The molecule has 0 spiro atoms. The average molecular weight is 229 g/mol. The first-order valence-electron chi connectivity index (χ1n) is 5.51. The molecule has 2 aliphatic rings. The predicted octanol–water partition coefficient (Wildman–Crippen LogP) is 1.53. The molecule has 1 N–H and O–H groups in total. The van der Waals surface area contributed by atoms with Crippen LogP contribution < -0.4 is 5.43 Å². The van der Waals surface area contributed by atoms with Gasteiger partial charge >= 0.3 is 5.97 Å². The molecule has 3 rings (SSSR count). The van der Waals surface area contributed by atoms with Crippen molar-refractivity contribution in [3.8, 4) is 0 Å². The maximum Gasteiger partial charge on any atom is 0.311 e. The van der Waals surface area contributed by atoms with E-state index in [9.17, 15) is 14.7 Å². The lowest BCUT2D eigenvalue weighted by Crippen LogP contribution is -2.29. The lowest BCUT2D eigenvalue weighted by molar-refractivity contribution is -0.140. The van der Waals surface area contributed by atoms with E-state index in [0.29, 0.717) is 12.0 Å². The molecule has 0 fully saturated rings. The summed E-state index contributed by atoms with van der Waals surface area (Å²) in [5.41, 5.74) is 1.41. The summed E-state index contributed by atoms with van der Waals surface area (Å²) in [6, 6.07) is 1.51. The number of aromatic nitrogens is 1. The predicted molar refractivity (Wildman–Crippen MR) is 63.5 cm³/mol. The third-order valence-electron chi connectivity index (χ3n) is 3.40. The molecule has 1 aliphatic heterocycles. The van der Waals surface area contributed by atoms with Gasteiger partial charge in [-0.05, 0) is 6.42 Å². The zero-order valence-electron chi connectivity index (χ0n) is 9.04. The highest BCUT2D eigenvalue weighted by molar-refractivity contribution is 5.76. The second-order valence-electron chi connectivity index (χ2n) is 4.34. The standard InChI is InChI=1S/C13H11NO3/c15-11-5-7-14-6-4-9(13(16)17)8-2-1-3-10(11)12(8)14/h1,3-9H,2H2,(H,16,17). The number of nitrogens with zero attached hydrogens (tertiary/aromatic N) is 1. The van der Waals surface area contributed by atoms with E-state index >= 15 is 0 Å². The van der Waals surface area contributed by atoms with Crippen molar-refractivity contribution < 1.29 is 9.90 Å². The van der Waals surface area contributed by atoms with E-state index in [1.54, 1.807) is 24.5 Å². The number of pyridine rings is 1. The lowest BCUT2D eigenvalue weighted by atomic mass is 9.79. The Morgan fingerprint density at radius 1 is 1.47 bits per heavy atom. The quantitative estimate of drug-likeness (QED) is 0.794. The van der Waals surface area contributed by atoms with Gasteiger partial charge in [-0.1, -0.05) is 18.2 Å². The highest BCUT2D eigenvalue weighted by atomic mass is 16.4. The van der Waals surface area contributed by atoms with Crippen molar-refractivity contribution in [2.45, 2.75) is 12.3 Å². The van der Waals surface area contributed by atoms with Gasteiger partial charge in [0.15, 0.2) is 5.43 Å². The summed E-state index contributed by atoms with van der Waals surface area (Å²) in [4.78, 5) is 22.9. The molecule has 0 saturated heterocycles. The normalized spacial score (nSPS) is 24.5. The van der Waals surface area contributed by atoms with Crippen molar-refractivity contribution in [3.05, 3.63) is 45.9 Å². The van der Waals surface area contributed by atoms with Gasteiger partial charge in [-0.3, -0.25) is 9.59 Å². The Kier molecular flexibility index (Phi) is 2.04. The Balaban J connectivity index is 2.27. The molecule has 1 aromatic rings. The van der Waals surface area contributed by atoms with Gasteiger partial charge in [0.05, 0.1) is 5.92 Å². The van der Waals surface area contributed by atoms with Crippen molar-refractivity contribution in [1.82, 2.24) is 4.57 Å². The third-order valence-corrected chi connectivity index (χ3v) is 3.40. The average Bonchev–Trinajstić information content (AvgIpc) is 2.33. The van der Waals surface area contributed by atoms with Crippen molar-refractivity contribution in [2.24, 2.45) is 5.92 Å². The number of allylic oxidation sites excluding steroid dienone is 1. The molecule has 4 heteroatoms. The highest BCUT2D eigenvalue weighted by Gasteiger charge is 2.34. The number of aliphatic carboxylic acids is 1. The maximum atomic E-state index is 11.7. The zero-order chi connectivity index (χ0) is 12.0. The molecule has 2 atom stereocenters. The van der Waals surface area contributed by atoms with Crippen LogP contribution in [0.15, 0.2) is 29.2 Å². The first-order valence-corrected chi connectivity index (χ1v) is 5.51. The number of hydrogen-bond acceptors (Lipinski definition) is 2. The van der Waals surface area contributed by atoms with Crippen molar-refractivity contribution in [3.63, 3.8) is 0 Å². The Morgan fingerprint density at radius 3 is 3.06 bits per heavy atom. The number of carbonyl (C=O) groups is 1. The lowest BCUT2D eigenvalue weighted by Gasteiger charge is -2.30. The summed E-state index contributed by atoms with van der Waals surface area (Å²) in [5.74, 6) is -1.51. The van der Waals surface area contributed by atoms with Gasteiger partial charge in [0.2, 0.25) is 0 Å². The summed E-state index contributed by atoms with van der Waals surface area (Å²) in [6.07, 6.45) is 9.45. The van der Waals surface area contributed by atoms with Gasteiger partial charge in [0.1, 0.15) is 0 Å². The van der Waals surface area contributed by atoms with Gasteiger partial charge in [0.25, 0.3) is 0 Å². The minimum Gasteiger partial charge on any atom is -0.481 e. The van der Waals surface area contributed by atoms with Crippen molar-refractivity contribution in [1.29, 1.82) is 0 Å². The summed E-state index contributed by atoms with van der Waals surface area (Å²) >= 11 is 0. The Morgan fingerprint density at radius 2 is 2.29 bits per heavy atom. The second kappa shape index (κ2) is 3.45. The molecular weight excluding hydrogens is 218 g/mol. The van der Waals surface area contributed by atoms with E-state index in [1.807, 2.05) is 10.6 Å². The van der Waals surface area contributed by atoms with Gasteiger partial charge in [0, 0.05) is 35.6 Å². The molecule has 4 nitrogen and oxygen atoms in total. The van der Waals surface area contributed by atoms with Crippen molar-refractivity contribution in [2.75, 3.05) is 0 Å². The minimum absolute atomic E-state index is 0.0448. The molecule has 17 heavy (non-hydrogen) atoms. The third kappa shape index (κ3) is 1.37.